The highest BCUT2D eigenvalue weighted by molar-refractivity contribution is 6.67. The van der Waals surface area contributed by atoms with Crippen molar-refractivity contribution in [2.75, 3.05) is 27.1 Å². The maximum atomic E-state index is 13.9. The van der Waals surface area contributed by atoms with Gasteiger partial charge in [-0.1, -0.05) is 40.9 Å². The molecule has 16 heteroatoms. The highest BCUT2D eigenvalue weighted by atomic mass is 35.6. The second-order valence-electron chi connectivity index (χ2n) is 11.6. The van der Waals surface area contributed by atoms with Crippen LogP contribution in [-0.2, 0) is 20.7 Å². The highest BCUT2D eigenvalue weighted by Gasteiger charge is 2.62. The fraction of sp³-hybridized carbons (Fsp3) is 0.500. The van der Waals surface area contributed by atoms with Gasteiger partial charge < -0.3 is 39.0 Å². The Hall–Kier alpha value is -3.54. The predicted molar refractivity (Wildman–Crippen MR) is 161 cm³/mol. The van der Waals surface area contributed by atoms with Crippen LogP contribution in [0.25, 0.3) is 0 Å². The molecule has 0 spiro atoms. The Kier molecular flexibility index (Phi) is 8.18. The second kappa shape index (κ2) is 11.6. The van der Waals surface area contributed by atoms with Crippen LogP contribution in [0.4, 0.5) is 4.79 Å². The van der Waals surface area contributed by atoms with Gasteiger partial charge in [0.2, 0.25) is 10.6 Å². The smallest absolute Gasteiger partial charge is 0.410 e. The van der Waals surface area contributed by atoms with Gasteiger partial charge in [0.1, 0.15) is 31.1 Å². The van der Waals surface area contributed by atoms with E-state index in [1.807, 2.05) is 0 Å². The van der Waals surface area contributed by atoms with Gasteiger partial charge in [0.25, 0.3) is 0 Å². The van der Waals surface area contributed by atoms with Crippen molar-refractivity contribution in [3.8, 4) is 34.8 Å². The molecule has 0 aliphatic carbocycles. The molecular formula is C30H30Cl3N3O10. The zero-order valence-corrected chi connectivity index (χ0v) is 27.3. The van der Waals surface area contributed by atoms with E-state index in [0.717, 1.165) is 0 Å². The van der Waals surface area contributed by atoms with E-state index in [4.69, 9.17) is 58.5 Å². The van der Waals surface area contributed by atoms with E-state index in [1.165, 1.54) is 18.9 Å². The lowest BCUT2D eigenvalue weighted by Crippen LogP contribution is -2.71. The molecule has 2 bridgehead atoms. The minimum Gasteiger partial charge on any atom is -0.507 e. The molecule has 1 amide bonds. The minimum atomic E-state index is -1.95. The van der Waals surface area contributed by atoms with Gasteiger partial charge in [0, 0.05) is 29.2 Å². The lowest BCUT2D eigenvalue weighted by Gasteiger charge is -2.60. The van der Waals surface area contributed by atoms with E-state index in [9.17, 15) is 30.2 Å². The molecule has 4 aliphatic rings. The normalized spacial score (nSPS) is 25.9. The summed E-state index contributed by atoms with van der Waals surface area (Å²) in [5.41, 5.74) is 2.06. The molecule has 1 saturated heterocycles. The summed E-state index contributed by atoms with van der Waals surface area (Å²) < 4.78 is 25.9. The van der Waals surface area contributed by atoms with E-state index in [2.05, 4.69) is 6.07 Å². The first-order valence-corrected chi connectivity index (χ1v) is 15.4. The quantitative estimate of drug-likeness (QED) is 0.308. The number of esters is 1. The van der Waals surface area contributed by atoms with Crippen molar-refractivity contribution in [3.05, 3.63) is 39.4 Å². The summed E-state index contributed by atoms with van der Waals surface area (Å²) in [5.74, 6) is -0.573. The number of ether oxygens (including phenoxy) is 5. The molecule has 1 fully saturated rings. The van der Waals surface area contributed by atoms with Crippen LogP contribution in [0.2, 0.25) is 0 Å². The molecule has 246 valence electrons. The van der Waals surface area contributed by atoms with Crippen LogP contribution in [0.5, 0.6) is 28.7 Å². The van der Waals surface area contributed by atoms with Gasteiger partial charge in [-0.15, -0.1) is 0 Å². The lowest BCUT2D eigenvalue weighted by atomic mass is 9.70. The first-order chi connectivity index (χ1) is 21.7. The number of aliphatic hydroxyl groups is 1. The number of alkyl halides is 3. The van der Waals surface area contributed by atoms with Crippen molar-refractivity contribution >= 4 is 46.9 Å². The number of phenolic OH excluding ortho intramolecular Hbond substituents is 2. The van der Waals surface area contributed by atoms with Gasteiger partial charge in [-0.25, -0.2) is 4.79 Å². The third kappa shape index (κ3) is 4.89. The van der Waals surface area contributed by atoms with Crippen LogP contribution >= 0.6 is 34.8 Å². The number of halogens is 3. The number of carbonyl (C=O) groups is 2. The molecule has 0 aromatic heterocycles. The van der Waals surface area contributed by atoms with E-state index < -0.39 is 58.8 Å². The Morgan fingerprint density at radius 1 is 1.11 bits per heavy atom. The standard InChI is InChI=1S/C30H30Cl3N3O10/c1-11-5-14-6-15-16(7-34)35-17(8-43-13(3)37)19-20(23(38)12(2)27-28(19)46-10-45-27)24(39)22(35)21(18(14)25(40)26(11)42-4)36(15)29(41)44-9-30(31,32)33/h5,15-17,21-22,24,38-40H,6,8-10H2,1-4H3/t15-,16+,17+,21+,22-,24+/m1/s1. The summed E-state index contributed by atoms with van der Waals surface area (Å²) in [6.45, 7) is 3.46. The maximum Gasteiger partial charge on any atom is 0.410 e. The Morgan fingerprint density at radius 2 is 1.80 bits per heavy atom. The number of fused-ring (bicyclic) bond motifs is 9. The number of nitriles is 1. The third-order valence-corrected chi connectivity index (χ3v) is 9.39. The molecule has 4 heterocycles. The van der Waals surface area contributed by atoms with Crippen molar-refractivity contribution < 1.29 is 48.6 Å². The number of aliphatic hydroxyl groups excluding tert-OH is 1. The van der Waals surface area contributed by atoms with Crippen molar-refractivity contribution in [2.24, 2.45) is 0 Å². The van der Waals surface area contributed by atoms with Gasteiger partial charge in [-0.3, -0.25) is 14.6 Å². The van der Waals surface area contributed by atoms with Gasteiger partial charge in [-0.05, 0) is 31.4 Å². The van der Waals surface area contributed by atoms with Crippen molar-refractivity contribution in [2.45, 2.75) is 67.3 Å². The largest absolute Gasteiger partial charge is 0.507 e. The van der Waals surface area contributed by atoms with E-state index in [0.29, 0.717) is 16.7 Å². The van der Waals surface area contributed by atoms with Crippen molar-refractivity contribution in [3.63, 3.8) is 0 Å². The van der Waals surface area contributed by atoms with E-state index in [-0.39, 0.29) is 65.3 Å². The number of nitrogens with zero attached hydrogens (tertiary/aromatic N) is 3. The molecule has 46 heavy (non-hydrogen) atoms. The summed E-state index contributed by atoms with van der Waals surface area (Å²) in [4.78, 5) is 28.9. The maximum absolute atomic E-state index is 13.9. The summed E-state index contributed by atoms with van der Waals surface area (Å²) >= 11 is 17.7. The SMILES string of the molecule is COc1c(C)cc2c(c1O)[C@H]1[C@@H]3[C@@H](O)c4c(O)c(C)c5c(c4[C@H](COC(C)=O)N3[C@@H](C#N)[C@@H](C2)N1C(=O)OCC(Cl)(Cl)Cl)OCO5. The van der Waals surface area contributed by atoms with Gasteiger partial charge >= 0.3 is 12.1 Å². The average molecular weight is 699 g/mol. The van der Waals surface area contributed by atoms with Crippen LogP contribution in [0.3, 0.4) is 0 Å². The number of hydrogen-bond acceptors (Lipinski definition) is 12. The Balaban J connectivity index is 1.64. The number of amides is 1. The first-order valence-electron chi connectivity index (χ1n) is 14.3. The van der Waals surface area contributed by atoms with Crippen LogP contribution in [-0.4, -0.2) is 86.2 Å². The number of hydrogen-bond donors (Lipinski definition) is 3. The molecule has 0 radical (unpaired) electrons. The number of methoxy groups -OCH3 is 1. The Morgan fingerprint density at radius 3 is 2.43 bits per heavy atom. The molecule has 3 N–H and O–H groups in total. The number of aromatic hydroxyl groups is 2. The molecular weight excluding hydrogens is 669 g/mol. The second-order valence-corrected chi connectivity index (χ2v) is 14.1. The molecule has 2 aromatic rings. The van der Waals surface area contributed by atoms with Gasteiger partial charge in [0.15, 0.2) is 23.0 Å². The highest BCUT2D eigenvalue weighted by Crippen LogP contribution is 2.61. The molecule has 0 unspecified atom stereocenters. The zero-order valence-electron chi connectivity index (χ0n) is 25.0. The number of aryl methyl sites for hydroxylation is 1. The molecule has 13 nitrogen and oxygen atoms in total. The Bertz CT molecular complexity index is 1680. The summed E-state index contributed by atoms with van der Waals surface area (Å²) in [6.07, 6.45) is -2.49. The lowest BCUT2D eigenvalue weighted by molar-refractivity contribution is -0.151. The van der Waals surface area contributed by atoms with Gasteiger partial charge in [0.05, 0.1) is 37.3 Å². The zero-order chi connectivity index (χ0) is 33.4. The van der Waals surface area contributed by atoms with Crippen molar-refractivity contribution in [1.82, 2.24) is 9.80 Å². The number of phenols is 2. The molecule has 6 atom stereocenters. The number of carbonyl (C=O) groups excluding carboxylic acids is 2. The number of piperazine rings is 1. The predicted octanol–water partition coefficient (Wildman–Crippen LogP) is 4.15. The topological polar surface area (TPSA) is 171 Å². The molecule has 4 aliphatic heterocycles. The first kappa shape index (κ1) is 32.4. The van der Waals surface area contributed by atoms with Crippen LogP contribution < -0.4 is 14.2 Å². The number of rotatable bonds is 4. The monoisotopic (exact) mass is 697 g/mol. The van der Waals surface area contributed by atoms with Crippen molar-refractivity contribution in [1.29, 1.82) is 5.26 Å². The molecule has 2 aromatic carbocycles. The molecule has 0 saturated carbocycles. The van der Waals surface area contributed by atoms with Crippen LogP contribution in [0.15, 0.2) is 6.07 Å². The summed E-state index contributed by atoms with van der Waals surface area (Å²) in [7, 11) is 1.39. The van der Waals surface area contributed by atoms with Crippen LogP contribution in [0, 0.1) is 25.2 Å². The van der Waals surface area contributed by atoms with Crippen LogP contribution in [0.1, 0.15) is 58.5 Å². The fourth-order valence-corrected chi connectivity index (χ4v) is 7.59. The molecule has 6 rings (SSSR count). The van der Waals surface area contributed by atoms with E-state index in [1.54, 1.807) is 24.8 Å². The summed E-state index contributed by atoms with van der Waals surface area (Å²) in [5, 5.41) is 46.2. The summed E-state index contributed by atoms with van der Waals surface area (Å²) in [6, 6.07) is -1.40. The fourth-order valence-electron chi connectivity index (χ4n) is 7.43. The van der Waals surface area contributed by atoms with E-state index >= 15 is 0 Å². The number of benzene rings is 2. The average Bonchev–Trinajstić information content (AvgIpc) is 3.47. The minimum absolute atomic E-state index is 0.0376. The van der Waals surface area contributed by atoms with Gasteiger partial charge in [-0.2, -0.15) is 5.26 Å². The third-order valence-electron chi connectivity index (χ3n) is 9.06. The Labute approximate surface area is 278 Å².